The lowest BCUT2D eigenvalue weighted by Crippen LogP contribution is -2.01. The molecule has 0 aliphatic carbocycles. The van der Waals surface area contributed by atoms with Gasteiger partial charge in [-0.3, -0.25) is 0 Å². The maximum Gasteiger partial charge on any atom is 0.108 e. The zero-order chi connectivity index (χ0) is 8.04. The predicted molar refractivity (Wildman–Crippen MR) is 41.5 cm³/mol. The maximum atomic E-state index is 8.34. The highest BCUT2D eigenvalue weighted by atomic mass is 32.3. The largest absolute Gasteiger partial charge is 0.388 e. The Morgan fingerprint density at radius 2 is 1.90 bits per heavy atom. The summed E-state index contributed by atoms with van der Waals surface area (Å²) in [6.07, 6.45) is 2.00. The third-order valence-corrected chi connectivity index (χ3v) is 1.11. The van der Waals surface area contributed by atoms with Gasteiger partial charge < -0.3 is 19.4 Å². The molecule has 0 bridgehead atoms. The summed E-state index contributed by atoms with van der Waals surface area (Å²) in [6, 6.07) is 0. The number of hydrogen-bond acceptors (Lipinski definition) is 5. The van der Waals surface area contributed by atoms with E-state index in [0.717, 1.165) is 12.6 Å². The Labute approximate surface area is 59.6 Å². The van der Waals surface area contributed by atoms with Crippen LogP contribution in [0.1, 0.15) is 0 Å². The second-order valence-corrected chi connectivity index (χ2v) is 2.96. The van der Waals surface area contributed by atoms with Gasteiger partial charge in [0.15, 0.2) is 0 Å². The Bertz CT molecular complexity index is 140. The van der Waals surface area contributed by atoms with Gasteiger partial charge in [-0.2, -0.15) is 5.10 Å². The molecule has 0 fully saturated rings. The molecule has 0 aromatic carbocycles. The van der Waals surface area contributed by atoms with Gasteiger partial charge in [0.25, 0.3) is 0 Å². The van der Waals surface area contributed by atoms with E-state index in [1.165, 1.54) is 0 Å². The lowest BCUT2D eigenvalue weighted by molar-refractivity contribution is 0.381. The standard InChI is InChI=1S/C3H9N3O3S/c4-3-6-5-1-2-10(7,8)9/h1,3,7-9H,2H2,(H2,4,6). The van der Waals surface area contributed by atoms with Crippen LogP contribution in [0, 0.1) is 0 Å². The molecule has 0 saturated heterocycles. The SMILES string of the molecule is NC=NN=CCS(O)(O)O. The number of rotatable bonds is 3. The van der Waals surface area contributed by atoms with Crippen molar-refractivity contribution in [2.24, 2.45) is 15.9 Å². The summed E-state index contributed by atoms with van der Waals surface area (Å²) in [5.74, 6) is -0.329. The molecule has 0 aliphatic heterocycles. The summed E-state index contributed by atoms with van der Waals surface area (Å²) in [4.78, 5) is 0. The van der Waals surface area contributed by atoms with Crippen LogP contribution in [0.25, 0.3) is 0 Å². The third kappa shape index (κ3) is 7.37. The van der Waals surface area contributed by atoms with Crippen molar-refractivity contribution in [2.45, 2.75) is 0 Å². The minimum absolute atomic E-state index is 0.329. The van der Waals surface area contributed by atoms with Crippen LogP contribution in [0.4, 0.5) is 0 Å². The molecule has 10 heavy (non-hydrogen) atoms. The maximum absolute atomic E-state index is 8.34. The summed E-state index contributed by atoms with van der Waals surface area (Å²) in [5.41, 5.74) is 4.79. The van der Waals surface area contributed by atoms with Crippen LogP contribution in [-0.2, 0) is 0 Å². The smallest absolute Gasteiger partial charge is 0.108 e. The molecule has 0 rings (SSSR count). The van der Waals surface area contributed by atoms with E-state index in [2.05, 4.69) is 10.2 Å². The van der Waals surface area contributed by atoms with Crippen molar-refractivity contribution in [3.05, 3.63) is 0 Å². The first kappa shape index (κ1) is 9.37. The minimum Gasteiger partial charge on any atom is -0.388 e. The molecule has 7 heteroatoms. The number of hydrogen-bond donors (Lipinski definition) is 4. The van der Waals surface area contributed by atoms with E-state index in [4.69, 9.17) is 19.4 Å². The quantitative estimate of drug-likeness (QED) is 0.273. The van der Waals surface area contributed by atoms with E-state index < -0.39 is 10.9 Å². The summed E-state index contributed by atoms with van der Waals surface area (Å²) in [7, 11) is -3.47. The van der Waals surface area contributed by atoms with Gasteiger partial charge in [-0.1, -0.05) is 0 Å². The fourth-order valence-corrected chi connectivity index (χ4v) is 0.486. The molecule has 6 nitrogen and oxygen atoms in total. The molecule has 5 N–H and O–H groups in total. The summed E-state index contributed by atoms with van der Waals surface area (Å²) >= 11 is 0. The normalized spacial score (nSPS) is 15.1. The zero-order valence-electron chi connectivity index (χ0n) is 5.08. The highest BCUT2D eigenvalue weighted by molar-refractivity contribution is 8.19. The van der Waals surface area contributed by atoms with E-state index in [-0.39, 0.29) is 5.75 Å². The predicted octanol–water partition coefficient (Wildman–Crippen LogP) is 0.183. The van der Waals surface area contributed by atoms with Crippen LogP contribution in [0.5, 0.6) is 0 Å². The molecular formula is C3H9N3O3S. The molecule has 0 unspecified atom stereocenters. The monoisotopic (exact) mass is 167 g/mol. The lowest BCUT2D eigenvalue weighted by atomic mass is 10.9. The Morgan fingerprint density at radius 1 is 1.30 bits per heavy atom. The minimum atomic E-state index is -3.47. The number of nitrogens with two attached hydrogens (primary N) is 1. The van der Waals surface area contributed by atoms with Gasteiger partial charge in [-0.25, -0.2) is 0 Å². The first-order chi connectivity index (χ1) is 4.56. The van der Waals surface area contributed by atoms with Crippen molar-refractivity contribution in [1.29, 1.82) is 0 Å². The van der Waals surface area contributed by atoms with E-state index in [1.54, 1.807) is 0 Å². The fourth-order valence-electron chi connectivity index (χ4n) is 0.219. The summed E-state index contributed by atoms with van der Waals surface area (Å²) in [6.45, 7) is 0. The van der Waals surface area contributed by atoms with Gasteiger partial charge in [0.2, 0.25) is 0 Å². The van der Waals surface area contributed by atoms with Gasteiger partial charge in [0.05, 0.1) is 16.6 Å². The molecule has 0 aromatic heterocycles. The van der Waals surface area contributed by atoms with Gasteiger partial charge in [0.1, 0.15) is 6.34 Å². The summed E-state index contributed by atoms with van der Waals surface area (Å²) < 4.78 is 25.0. The Kier molecular flexibility index (Phi) is 3.96. The molecule has 0 amide bonds. The van der Waals surface area contributed by atoms with E-state index >= 15 is 0 Å². The average molecular weight is 167 g/mol. The molecule has 60 valence electrons. The van der Waals surface area contributed by atoms with Crippen molar-refractivity contribution in [2.75, 3.05) is 5.75 Å². The molecule has 0 spiro atoms. The van der Waals surface area contributed by atoms with Crippen LogP contribution in [0.2, 0.25) is 0 Å². The van der Waals surface area contributed by atoms with Crippen LogP contribution < -0.4 is 5.73 Å². The first-order valence-electron chi connectivity index (χ1n) is 2.29. The average Bonchev–Trinajstić information content (AvgIpc) is 1.78. The molecule has 0 saturated carbocycles. The Hall–Kier alpha value is -0.630. The van der Waals surface area contributed by atoms with Crippen molar-refractivity contribution < 1.29 is 13.7 Å². The zero-order valence-corrected chi connectivity index (χ0v) is 5.90. The highest BCUT2D eigenvalue weighted by Gasteiger charge is 2.07. The topological polar surface area (TPSA) is 111 Å². The van der Waals surface area contributed by atoms with Crippen LogP contribution in [0.3, 0.4) is 0 Å². The van der Waals surface area contributed by atoms with Crippen LogP contribution in [0.15, 0.2) is 10.2 Å². The second-order valence-electron chi connectivity index (χ2n) is 1.36. The molecular weight excluding hydrogens is 158 g/mol. The van der Waals surface area contributed by atoms with Crippen LogP contribution >= 0.6 is 10.9 Å². The third-order valence-electron chi connectivity index (χ3n) is 0.513. The molecule has 0 atom stereocenters. The van der Waals surface area contributed by atoms with Gasteiger partial charge in [0, 0.05) is 6.21 Å². The Morgan fingerprint density at radius 3 is 2.30 bits per heavy atom. The van der Waals surface area contributed by atoms with Gasteiger partial charge in [-0.05, 0) is 0 Å². The molecule has 0 aromatic rings. The first-order valence-corrected chi connectivity index (χ1v) is 3.97. The van der Waals surface area contributed by atoms with Crippen molar-refractivity contribution in [3.63, 3.8) is 0 Å². The van der Waals surface area contributed by atoms with Crippen molar-refractivity contribution in [1.82, 2.24) is 0 Å². The van der Waals surface area contributed by atoms with Crippen molar-refractivity contribution >= 4 is 23.4 Å². The molecule has 0 aliphatic rings. The lowest BCUT2D eigenvalue weighted by Gasteiger charge is -2.14. The van der Waals surface area contributed by atoms with Gasteiger partial charge in [-0.15, -0.1) is 5.10 Å². The number of nitrogens with zero attached hydrogens (tertiary/aromatic N) is 2. The summed E-state index contributed by atoms with van der Waals surface area (Å²) in [5, 5.41) is 6.41. The molecule has 0 heterocycles. The van der Waals surface area contributed by atoms with E-state index in [1.807, 2.05) is 0 Å². The Balaban J connectivity index is 3.54. The van der Waals surface area contributed by atoms with Gasteiger partial charge >= 0.3 is 0 Å². The highest BCUT2D eigenvalue weighted by Crippen LogP contribution is 2.30. The fraction of sp³-hybridized carbons (Fsp3) is 0.333. The van der Waals surface area contributed by atoms with Crippen LogP contribution in [-0.4, -0.2) is 32.0 Å². The molecule has 0 radical (unpaired) electrons. The second kappa shape index (κ2) is 4.23. The van der Waals surface area contributed by atoms with Crippen molar-refractivity contribution in [3.8, 4) is 0 Å². The van der Waals surface area contributed by atoms with E-state index in [9.17, 15) is 0 Å². The van der Waals surface area contributed by atoms with E-state index in [0.29, 0.717) is 0 Å².